The minimum Gasteiger partial charge on any atom is -0.356 e. The zero-order chi connectivity index (χ0) is 12.8. The van der Waals surface area contributed by atoms with Gasteiger partial charge in [-0.25, -0.2) is 0 Å². The summed E-state index contributed by atoms with van der Waals surface area (Å²) in [4.78, 5) is 25.1. The van der Waals surface area contributed by atoms with Gasteiger partial charge in [0.1, 0.15) is 0 Å². The molecule has 4 nitrogen and oxygen atoms in total. The number of carbonyl (C=O) groups is 2. The van der Waals surface area contributed by atoms with E-state index in [0.717, 1.165) is 32.2 Å². The largest absolute Gasteiger partial charge is 0.356 e. The van der Waals surface area contributed by atoms with E-state index < -0.39 is 0 Å². The molecule has 17 heavy (non-hydrogen) atoms. The Kier molecular flexibility index (Phi) is 5.45. The van der Waals surface area contributed by atoms with Crippen molar-refractivity contribution in [2.45, 2.75) is 52.5 Å². The van der Waals surface area contributed by atoms with E-state index in [1.54, 1.807) is 6.92 Å². The molecule has 0 aromatic heterocycles. The van der Waals surface area contributed by atoms with E-state index in [1.165, 1.54) is 0 Å². The summed E-state index contributed by atoms with van der Waals surface area (Å²) in [5, 5.41) is 2.95. The van der Waals surface area contributed by atoms with E-state index in [-0.39, 0.29) is 23.8 Å². The van der Waals surface area contributed by atoms with Gasteiger partial charge in [0.25, 0.3) is 0 Å². The first-order valence-corrected chi connectivity index (χ1v) is 6.61. The molecule has 1 aliphatic heterocycles. The molecule has 2 atom stereocenters. The van der Waals surface area contributed by atoms with Crippen molar-refractivity contribution in [2.24, 2.45) is 5.92 Å². The fourth-order valence-electron chi connectivity index (χ4n) is 2.29. The van der Waals surface area contributed by atoms with Crippen molar-refractivity contribution < 1.29 is 9.59 Å². The molecule has 0 saturated carbocycles. The number of unbranched alkanes of at least 4 members (excludes halogenated alkanes) is 1. The third kappa shape index (κ3) is 4.02. The number of carbonyl (C=O) groups excluding carboxylic acids is 2. The molecule has 1 rings (SSSR count). The summed E-state index contributed by atoms with van der Waals surface area (Å²) in [5.74, 6) is 0.159. The second kappa shape index (κ2) is 6.62. The minimum atomic E-state index is -0.0213. The Morgan fingerprint density at radius 3 is 2.65 bits per heavy atom. The summed E-state index contributed by atoms with van der Waals surface area (Å²) >= 11 is 0. The molecule has 4 heteroatoms. The van der Waals surface area contributed by atoms with Gasteiger partial charge in [-0.1, -0.05) is 13.3 Å². The van der Waals surface area contributed by atoms with Crippen molar-refractivity contribution in [3.05, 3.63) is 0 Å². The Morgan fingerprint density at radius 1 is 1.35 bits per heavy atom. The van der Waals surface area contributed by atoms with Crippen molar-refractivity contribution in [1.29, 1.82) is 0 Å². The molecule has 1 heterocycles. The summed E-state index contributed by atoms with van der Waals surface area (Å²) < 4.78 is 0. The lowest BCUT2D eigenvalue weighted by Crippen LogP contribution is -2.48. The molecule has 0 bridgehead atoms. The molecule has 98 valence electrons. The maximum absolute atomic E-state index is 11.9. The van der Waals surface area contributed by atoms with Crippen LogP contribution in [0.3, 0.4) is 0 Å². The van der Waals surface area contributed by atoms with Gasteiger partial charge in [-0.2, -0.15) is 0 Å². The molecular formula is C13H24N2O2. The third-order valence-corrected chi connectivity index (χ3v) is 3.49. The van der Waals surface area contributed by atoms with Crippen LogP contribution in [0.1, 0.15) is 46.5 Å². The van der Waals surface area contributed by atoms with Gasteiger partial charge < -0.3 is 10.2 Å². The topological polar surface area (TPSA) is 49.4 Å². The van der Waals surface area contributed by atoms with Gasteiger partial charge in [-0.3, -0.25) is 9.59 Å². The van der Waals surface area contributed by atoms with E-state index >= 15 is 0 Å². The highest BCUT2D eigenvalue weighted by molar-refractivity contribution is 5.80. The second-order valence-corrected chi connectivity index (χ2v) is 4.94. The van der Waals surface area contributed by atoms with Crippen LogP contribution in [0, 0.1) is 5.92 Å². The Hall–Kier alpha value is -1.06. The molecule has 0 aliphatic carbocycles. The zero-order valence-electron chi connectivity index (χ0n) is 11.2. The fourth-order valence-corrected chi connectivity index (χ4v) is 2.29. The number of rotatable bonds is 4. The molecule has 0 spiro atoms. The second-order valence-electron chi connectivity index (χ2n) is 4.94. The van der Waals surface area contributed by atoms with Crippen LogP contribution >= 0.6 is 0 Å². The van der Waals surface area contributed by atoms with E-state index in [9.17, 15) is 9.59 Å². The van der Waals surface area contributed by atoms with E-state index in [4.69, 9.17) is 0 Å². The number of hydrogen-bond donors (Lipinski definition) is 1. The molecule has 2 unspecified atom stereocenters. The van der Waals surface area contributed by atoms with Crippen LogP contribution < -0.4 is 5.32 Å². The average Bonchev–Trinajstić information content (AvgIpc) is 2.29. The van der Waals surface area contributed by atoms with Crippen LogP contribution in [0.15, 0.2) is 0 Å². The van der Waals surface area contributed by atoms with Crippen molar-refractivity contribution in [2.75, 3.05) is 13.1 Å². The van der Waals surface area contributed by atoms with E-state index in [2.05, 4.69) is 12.2 Å². The highest BCUT2D eigenvalue weighted by atomic mass is 16.2. The SMILES string of the molecule is CCCCNC(=O)C1CCC(C)N(C(C)=O)C1. The summed E-state index contributed by atoms with van der Waals surface area (Å²) in [6, 6.07) is 0.271. The summed E-state index contributed by atoms with van der Waals surface area (Å²) in [7, 11) is 0. The van der Waals surface area contributed by atoms with Crippen LogP contribution in [0.2, 0.25) is 0 Å². The number of piperidine rings is 1. The lowest BCUT2D eigenvalue weighted by Gasteiger charge is -2.36. The van der Waals surface area contributed by atoms with Gasteiger partial charge in [-0.15, -0.1) is 0 Å². The van der Waals surface area contributed by atoms with Crippen molar-refractivity contribution >= 4 is 11.8 Å². The van der Waals surface area contributed by atoms with Gasteiger partial charge in [0.05, 0.1) is 5.92 Å². The minimum absolute atomic E-state index is 0.0213. The molecule has 2 amide bonds. The first-order valence-electron chi connectivity index (χ1n) is 6.61. The van der Waals surface area contributed by atoms with Crippen LogP contribution in [0.4, 0.5) is 0 Å². The van der Waals surface area contributed by atoms with E-state index in [0.29, 0.717) is 6.54 Å². The van der Waals surface area contributed by atoms with Crippen molar-refractivity contribution in [3.63, 3.8) is 0 Å². The average molecular weight is 240 g/mol. The molecule has 0 aromatic rings. The van der Waals surface area contributed by atoms with E-state index in [1.807, 2.05) is 11.8 Å². The quantitative estimate of drug-likeness (QED) is 0.758. The molecule has 0 aromatic carbocycles. The van der Waals surface area contributed by atoms with Crippen LogP contribution in [-0.2, 0) is 9.59 Å². The molecule has 1 aliphatic rings. The maximum Gasteiger partial charge on any atom is 0.224 e. The monoisotopic (exact) mass is 240 g/mol. The number of nitrogens with one attached hydrogen (secondary N) is 1. The highest BCUT2D eigenvalue weighted by Crippen LogP contribution is 2.22. The molecule has 1 fully saturated rings. The summed E-state index contributed by atoms with van der Waals surface area (Å²) in [6.45, 7) is 7.06. The predicted octanol–water partition coefficient (Wildman–Crippen LogP) is 1.55. The molecule has 0 radical (unpaired) electrons. The lowest BCUT2D eigenvalue weighted by molar-refractivity contribution is -0.136. The molecule has 1 saturated heterocycles. The predicted molar refractivity (Wildman–Crippen MR) is 67.5 cm³/mol. The summed E-state index contributed by atoms with van der Waals surface area (Å²) in [6.07, 6.45) is 3.92. The fraction of sp³-hybridized carbons (Fsp3) is 0.846. The van der Waals surface area contributed by atoms with Crippen molar-refractivity contribution in [3.8, 4) is 0 Å². The Bertz CT molecular complexity index is 279. The van der Waals surface area contributed by atoms with Crippen LogP contribution in [0.5, 0.6) is 0 Å². The van der Waals surface area contributed by atoms with Gasteiger partial charge in [-0.05, 0) is 26.2 Å². The van der Waals surface area contributed by atoms with Crippen LogP contribution in [0.25, 0.3) is 0 Å². The normalized spacial score (nSPS) is 24.5. The first-order chi connectivity index (χ1) is 8.06. The summed E-state index contributed by atoms with van der Waals surface area (Å²) in [5.41, 5.74) is 0. The Balaban J connectivity index is 2.44. The number of nitrogens with zero attached hydrogens (tertiary/aromatic N) is 1. The number of amides is 2. The number of likely N-dealkylation sites (tertiary alicyclic amines) is 1. The highest BCUT2D eigenvalue weighted by Gasteiger charge is 2.30. The van der Waals surface area contributed by atoms with Crippen LogP contribution in [-0.4, -0.2) is 35.8 Å². The maximum atomic E-state index is 11.9. The zero-order valence-corrected chi connectivity index (χ0v) is 11.2. The Labute approximate surface area is 104 Å². The van der Waals surface area contributed by atoms with Crippen molar-refractivity contribution in [1.82, 2.24) is 10.2 Å². The smallest absolute Gasteiger partial charge is 0.224 e. The first kappa shape index (κ1) is 14.0. The van der Waals surface area contributed by atoms with Gasteiger partial charge >= 0.3 is 0 Å². The van der Waals surface area contributed by atoms with Gasteiger partial charge in [0.2, 0.25) is 11.8 Å². The Morgan fingerprint density at radius 2 is 2.06 bits per heavy atom. The lowest BCUT2D eigenvalue weighted by atomic mass is 9.92. The molecule has 1 N–H and O–H groups in total. The van der Waals surface area contributed by atoms with Gasteiger partial charge in [0.15, 0.2) is 0 Å². The molecular weight excluding hydrogens is 216 g/mol. The third-order valence-electron chi connectivity index (χ3n) is 3.49. The standard InChI is InChI=1S/C13H24N2O2/c1-4-5-8-14-13(17)12-7-6-10(2)15(9-12)11(3)16/h10,12H,4-9H2,1-3H3,(H,14,17). The number of hydrogen-bond acceptors (Lipinski definition) is 2. The van der Waals surface area contributed by atoms with Gasteiger partial charge in [0, 0.05) is 26.1 Å².